The van der Waals surface area contributed by atoms with Gasteiger partial charge in [0.05, 0.1) is 20.2 Å². The highest BCUT2D eigenvalue weighted by Crippen LogP contribution is 2.27. The Morgan fingerprint density at radius 2 is 2.07 bits per heavy atom. The molecule has 0 bridgehead atoms. The molecule has 29 heavy (non-hydrogen) atoms. The van der Waals surface area contributed by atoms with E-state index in [9.17, 15) is 13.9 Å². The van der Waals surface area contributed by atoms with Gasteiger partial charge in [0, 0.05) is 18.2 Å². The molecule has 0 spiro atoms. The molecule has 0 saturated heterocycles. The Hall–Kier alpha value is -1.66. The van der Waals surface area contributed by atoms with Crippen LogP contribution in [-0.4, -0.2) is 37.9 Å². The van der Waals surface area contributed by atoms with E-state index in [0.29, 0.717) is 23.8 Å². The lowest BCUT2D eigenvalue weighted by Gasteiger charge is -2.24. The summed E-state index contributed by atoms with van der Waals surface area (Å²) in [6, 6.07) is 6.55. The molecule has 1 aromatic heterocycles. The number of aliphatic hydroxyl groups is 1. The minimum atomic E-state index is -2.94. The van der Waals surface area contributed by atoms with Crippen LogP contribution in [-0.2, 0) is 12.1 Å². The average Bonchev–Trinajstić information content (AvgIpc) is 3.20. The van der Waals surface area contributed by atoms with E-state index in [4.69, 9.17) is 4.74 Å². The van der Waals surface area contributed by atoms with Crippen LogP contribution in [0.25, 0.3) is 0 Å². The zero-order chi connectivity index (χ0) is 20.6. The number of ether oxygens (including phenoxy) is 2. The van der Waals surface area contributed by atoms with Crippen LogP contribution in [0.4, 0.5) is 8.78 Å². The summed E-state index contributed by atoms with van der Waals surface area (Å²) in [5, 5.41) is 20.6. The molecule has 1 atom stereocenters. The quantitative estimate of drug-likeness (QED) is 0.255. The molecule has 1 heterocycles. The van der Waals surface area contributed by atoms with Gasteiger partial charge in [-0.25, -0.2) is 4.99 Å². The molecule has 0 fully saturated rings. The van der Waals surface area contributed by atoms with E-state index in [1.165, 1.54) is 24.5 Å². The third-order valence-corrected chi connectivity index (χ3v) is 4.67. The second kappa shape index (κ2) is 12.1. The molecule has 10 heteroatoms. The van der Waals surface area contributed by atoms with Crippen molar-refractivity contribution in [3.63, 3.8) is 0 Å². The summed E-state index contributed by atoms with van der Waals surface area (Å²) in [7, 11) is 1.45. The van der Waals surface area contributed by atoms with Gasteiger partial charge in [0.2, 0.25) is 0 Å². The molecule has 6 nitrogen and oxygen atoms in total. The minimum Gasteiger partial charge on any atom is -0.497 e. The summed E-state index contributed by atoms with van der Waals surface area (Å²) in [5.74, 6) is 0.885. The third kappa shape index (κ3) is 7.94. The van der Waals surface area contributed by atoms with Gasteiger partial charge in [-0.05, 0) is 48.4 Å². The van der Waals surface area contributed by atoms with Crippen LogP contribution in [0.1, 0.15) is 25.0 Å². The number of nitrogens with one attached hydrogen (secondary N) is 2. The van der Waals surface area contributed by atoms with E-state index in [1.807, 2.05) is 23.8 Å². The van der Waals surface area contributed by atoms with Crippen molar-refractivity contribution in [2.24, 2.45) is 4.99 Å². The molecule has 1 unspecified atom stereocenters. The Kier molecular flexibility index (Phi) is 10.6. The number of aliphatic imine (C=N–C) groups is 1. The van der Waals surface area contributed by atoms with Crippen LogP contribution in [0, 0.1) is 0 Å². The zero-order valence-corrected chi connectivity index (χ0v) is 19.6. The van der Waals surface area contributed by atoms with Gasteiger partial charge in [-0.15, -0.1) is 24.0 Å². The maximum Gasteiger partial charge on any atom is 0.387 e. The number of guanidine groups is 1. The van der Waals surface area contributed by atoms with Crippen molar-refractivity contribution in [1.29, 1.82) is 0 Å². The number of nitrogens with zero attached hydrogens (tertiary/aromatic N) is 1. The van der Waals surface area contributed by atoms with Gasteiger partial charge in [0.15, 0.2) is 5.96 Å². The molecule has 1 aromatic carbocycles. The normalized spacial score (nSPS) is 13.4. The van der Waals surface area contributed by atoms with Gasteiger partial charge >= 0.3 is 6.61 Å². The second-order valence-electron chi connectivity index (χ2n) is 6.19. The summed E-state index contributed by atoms with van der Waals surface area (Å²) >= 11 is 1.51. The van der Waals surface area contributed by atoms with E-state index in [0.717, 1.165) is 5.56 Å². The largest absolute Gasteiger partial charge is 0.497 e. The molecular weight excluding hydrogens is 515 g/mol. The number of alkyl halides is 2. The SMILES string of the molecule is CCNC(=NCc1ccc(OC)cc1OC(F)F)NCC(C)(O)c1ccsc1.I. The molecule has 0 radical (unpaired) electrons. The van der Waals surface area contributed by atoms with Crippen LogP contribution in [0.3, 0.4) is 0 Å². The lowest BCUT2D eigenvalue weighted by atomic mass is 9.99. The maximum absolute atomic E-state index is 12.7. The first-order valence-electron chi connectivity index (χ1n) is 8.74. The van der Waals surface area contributed by atoms with Crippen LogP contribution in [0.5, 0.6) is 11.5 Å². The van der Waals surface area contributed by atoms with Crippen molar-refractivity contribution in [3.05, 3.63) is 46.2 Å². The van der Waals surface area contributed by atoms with E-state index in [-0.39, 0.29) is 42.8 Å². The predicted molar refractivity (Wildman–Crippen MR) is 122 cm³/mol. The highest BCUT2D eigenvalue weighted by molar-refractivity contribution is 14.0. The fourth-order valence-corrected chi connectivity index (χ4v) is 3.22. The number of benzene rings is 1. The molecule has 0 amide bonds. The first kappa shape index (κ1) is 25.4. The average molecular weight is 541 g/mol. The maximum atomic E-state index is 12.7. The van der Waals surface area contributed by atoms with Crippen molar-refractivity contribution in [3.8, 4) is 11.5 Å². The molecule has 2 rings (SSSR count). The minimum absolute atomic E-state index is 0. The van der Waals surface area contributed by atoms with Crippen molar-refractivity contribution in [2.45, 2.75) is 32.6 Å². The Morgan fingerprint density at radius 1 is 1.31 bits per heavy atom. The summed E-state index contributed by atoms with van der Waals surface area (Å²) in [6.45, 7) is 1.63. The standard InChI is InChI=1S/C19H25F2N3O3S.HI/c1-4-22-18(24-12-19(2,25)14-7-8-28-11-14)23-10-13-5-6-15(26-3)9-16(13)27-17(20)21;/h5-9,11,17,25H,4,10,12H2,1-3H3,(H2,22,23,24);1H. The number of halogens is 3. The topological polar surface area (TPSA) is 75.1 Å². The van der Waals surface area contributed by atoms with Crippen molar-refractivity contribution in [2.75, 3.05) is 20.2 Å². The van der Waals surface area contributed by atoms with Crippen molar-refractivity contribution < 1.29 is 23.4 Å². The molecule has 0 aliphatic heterocycles. The number of hydrogen-bond acceptors (Lipinski definition) is 5. The molecule has 2 aromatic rings. The second-order valence-corrected chi connectivity index (χ2v) is 6.97. The summed E-state index contributed by atoms with van der Waals surface area (Å²) < 4.78 is 35.0. The van der Waals surface area contributed by atoms with E-state index in [1.54, 1.807) is 19.1 Å². The lowest BCUT2D eigenvalue weighted by Crippen LogP contribution is -2.44. The third-order valence-electron chi connectivity index (χ3n) is 3.99. The van der Waals surface area contributed by atoms with Gasteiger partial charge in [-0.2, -0.15) is 20.1 Å². The summed E-state index contributed by atoms with van der Waals surface area (Å²) in [6.07, 6.45) is 0. The lowest BCUT2D eigenvalue weighted by molar-refractivity contribution is -0.0505. The monoisotopic (exact) mass is 541 g/mol. The Labute approximate surface area is 190 Å². The summed E-state index contributed by atoms with van der Waals surface area (Å²) in [4.78, 5) is 4.41. The van der Waals surface area contributed by atoms with Crippen molar-refractivity contribution in [1.82, 2.24) is 10.6 Å². The van der Waals surface area contributed by atoms with E-state index < -0.39 is 12.2 Å². The number of methoxy groups -OCH3 is 1. The number of hydrogen-bond donors (Lipinski definition) is 3. The van der Waals surface area contributed by atoms with Crippen molar-refractivity contribution >= 4 is 41.3 Å². The molecule has 0 aliphatic rings. The molecule has 162 valence electrons. The molecule has 3 N–H and O–H groups in total. The Morgan fingerprint density at radius 3 is 2.66 bits per heavy atom. The van der Waals surface area contributed by atoms with Gasteiger partial charge in [-0.3, -0.25) is 0 Å². The van der Waals surface area contributed by atoms with Crippen LogP contribution < -0.4 is 20.1 Å². The molecule has 0 aliphatic carbocycles. The molecular formula is C19H26F2IN3O3S. The fourth-order valence-electron chi connectivity index (χ4n) is 2.43. The number of rotatable bonds is 9. The predicted octanol–water partition coefficient (Wildman–Crippen LogP) is 3.94. The Balaban J connectivity index is 0.00000420. The van der Waals surface area contributed by atoms with Crippen LogP contribution >= 0.6 is 35.3 Å². The fraction of sp³-hybridized carbons (Fsp3) is 0.421. The number of thiophene rings is 1. The smallest absolute Gasteiger partial charge is 0.387 e. The highest BCUT2D eigenvalue weighted by atomic mass is 127. The first-order valence-corrected chi connectivity index (χ1v) is 9.69. The van der Waals surface area contributed by atoms with E-state index >= 15 is 0 Å². The van der Waals surface area contributed by atoms with Gasteiger partial charge in [-0.1, -0.05) is 0 Å². The van der Waals surface area contributed by atoms with Crippen LogP contribution in [0.2, 0.25) is 0 Å². The van der Waals surface area contributed by atoms with Gasteiger partial charge < -0.3 is 25.2 Å². The van der Waals surface area contributed by atoms with Gasteiger partial charge in [0.25, 0.3) is 0 Å². The first-order chi connectivity index (χ1) is 13.4. The van der Waals surface area contributed by atoms with Gasteiger partial charge in [0.1, 0.15) is 17.1 Å². The van der Waals surface area contributed by atoms with Crippen LogP contribution in [0.15, 0.2) is 40.0 Å². The summed E-state index contributed by atoms with van der Waals surface area (Å²) in [5.41, 5.74) is 0.229. The highest BCUT2D eigenvalue weighted by Gasteiger charge is 2.23. The Bertz CT molecular complexity index is 774. The molecule has 0 saturated carbocycles. The zero-order valence-electron chi connectivity index (χ0n) is 16.4. The van der Waals surface area contributed by atoms with E-state index in [2.05, 4.69) is 20.4 Å².